The molecule has 0 aliphatic heterocycles. The van der Waals surface area contributed by atoms with E-state index in [4.69, 9.17) is 4.74 Å². The first kappa shape index (κ1) is 25.8. The van der Waals surface area contributed by atoms with Gasteiger partial charge in [-0.25, -0.2) is 0 Å². The minimum atomic E-state index is -0.331. The van der Waals surface area contributed by atoms with Crippen LogP contribution in [0.3, 0.4) is 0 Å². The number of nitrogens with one attached hydrogen (secondary N) is 2. The first-order chi connectivity index (χ1) is 17.4. The van der Waals surface area contributed by atoms with Gasteiger partial charge in [0, 0.05) is 21.0 Å². The maximum Gasteiger partial charge on any atom is 0.255 e. The minimum absolute atomic E-state index is 0.113. The Hall–Kier alpha value is -3.28. The standard InChI is InChI=1S/C28H29N3O3S2/c1-4-24(27(33)31-28-23(16-29)22-13-8-17(2)14-25(22)36-28)35-21-7-5-6-19(15-21)30-26(32)18-9-11-20(34-3)12-10-18/h5-7,9-12,15,17,24H,4,8,13-14H2,1-3H3,(H,30,32)(H,31,33). The van der Waals surface area contributed by atoms with Crippen LogP contribution in [-0.2, 0) is 17.6 Å². The molecule has 1 aliphatic carbocycles. The summed E-state index contributed by atoms with van der Waals surface area (Å²) in [4.78, 5) is 27.9. The van der Waals surface area contributed by atoms with Crippen molar-refractivity contribution < 1.29 is 14.3 Å². The van der Waals surface area contributed by atoms with Crippen LogP contribution in [-0.4, -0.2) is 24.2 Å². The highest BCUT2D eigenvalue weighted by Gasteiger charge is 2.26. The third kappa shape index (κ3) is 5.92. The zero-order chi connectivity index (χ0) is 25.7. The van der Waals surface area contributed by atoms with Crippen molar-refractivity contribution in [2.75, 3.05) is 17.7 Å². The summed E-state index contributed by atoms with van der Waals surface area (Å²) in [6.45, 7) is 4.20. The second-order valence-electron chi connectivity index (χ2n) is 8.88. The molecule has 1 heterocycles. The van der Waals surface area contributed by atoms with Crippen LogP contribution in [0.15, 0.2) is 53.4 Å². The molecule has 36 heavy (non-hydrogen) atoms. The molecule has 0 saturated carbocycles. The number of carbonyl (C=O) groups is 2. The lowest BCUT2D eigenvalue weighted by Crippen LogP contribution is -2.24. The largest absolute Gasteiger partial charge is 0.497 e. The molecular formula is C28H29N3O3S2. The summed E-state index contributed by atoms with van der Waals surface area (Å²) in [6.07, 6.45) is 3.56. The summed E-state index contributed by atoms with van der Waals surface area (Å²) in [7, 11) is 1.58. The number of benzene rings is 2. The molecule has 0 saturated heterocycles. The van der Waals surface area contributed by atoms with Gasteiger partial charge in [0.15, 0.2) is 0 Å². The molecule has 1 aromatic heterocycles. The van der Waals surface area contributed by atoms with E-state index in [0.29, 0.717) is 39.9 Å². The number of hydrogen-bond donors (Lipinski definition) is 2. The van der Waals surface area contributed by atoms with Gasteiger partial charge in [-0.1, -0.05) is 19.9 Å². The van der Waals surface area contributed by atoms with Crippen molar-refractivity contribution >= 4 is 45.6 Å². The Morgan fingerprint density at radius 1 is 1.22 bits per heavy atom. The Morgan fingerprint density at radius 2 is 2.00 bits per heavy atom. The van der Waals surface area contributed by atoms with Gasteiger partial charge in [-0.05, 0) is 79.6 Å². The third-order valence-electron chi connectivity index (χ3n) is 6.25. The minimum Gasteiger partial charge on any atom is -0.497 e. The van der Waals surface area contributed by atoms with Crippen molar-refractivity contribution in [1.29, 1.82) is 5.26 Å². The van der Waals surface area contributed by atoms with Crippen LogP contribution >= 0.6 is 23.1 Å². The van der Waals surface area contributed by atoms with E-state index in [-0.39, 0.29) is 17.1 Å². The summed E-state index contributed by atoms with van der Waals surface area (Å²) < 4.78 is 5.14. The average molecular weight is 520 g/mol. The Morgan fingerprint density at radius 3 is 2.69 bits per heavy atom. The fourth-order valence-electron chi connectivity index (χ4n) is 4.23. The second-order valence-corrected chi connectivity index (χ2v) is 11.3. The van der Waals surface area contributed by atoms with Crippen LogP contribution in [0.5, 0.6) is 5.75 Å². The predicted molar refractivity (Wildman–Crippen MR) is 146 cm³/mol. The van der Waals surface area contributed by atoms with Crippen molar-refractivity contribution in [2.45, 2.75) is 49.7 Å². The zero-order valence-electron chi connectivity index (χ0n) is 20.6. The molecule has 0 spiro atoms. The van der Waals surface area contributed by atoms with Crippen molar-refractivity contribution in [3.63, 3.8) is 0 Å². The normalized spacial score (nSPS) is 15.3. The van der Waals surface area contributed by atoms with E-state index in [1.165, 1.54) is 16.6 Å². The van der Waals surface area contributed by atoms with E-state index in [9.17, 15) is 14.9 Å². The summed E-state index contributed by atoms with van der Waals surface area (Å²) in [5, 5.41) is 16.0. The van der Waals surface area contributed by atoms with Gasteiger partial charge >= 0.3 is 0 Å². The number of methoxy groups -OCH3 is 1. The topological polar surface area (TPSA) is 91.2 Å². The molecule has 2 aromatic carbocycles. The number of hydrogen-bond acceptors (Lipinski definition) is 6. The van der Waals surface area contributed by atoms with Gasteiger partial charge in [0.1, 0.15) is 16.8 Å². The average Bonchev–Trinajstić information content (AvgIpc) is 3.23. The van der Waals surface area contributed by atoms with Crippen molar-refractivity contribution in [3.8, 4) is 11.8 Å². The fraction of sp³-hybridized carbons (Fsp3) is 0.321. The van der Waals surface area contributed by atoms with Gasteiger partial charge in [-0.15, -0.1) is 23.1 Å². The zero-order valence-corrected chi connectivity index (χ0v) is 22.2. The van der Waals surface area contributed by atoms with Gasteiger partial charge in [-0.3, -0.25) is 9.59 Å². The smallest absolute Gasteiger partial charge is 0.255 e. The van der Waals surface area contributed by atoms with Crippen molar-refractivity contribution in [1.82, 2.24) is 0 Å². The maximum absolute atomic E-state index is 13.2. The van der Waals surface area contributed by atoms with Crippen LogP contribution in [0.1, 0.15) is 53.1 Å². The molecule has 6 nitrogen and oxygen atoms in total. The Labute approximate surface area is 220 Å². The van der Waals surface area contributed by atoms with Gasteiger partial charge < -0.3 is 15.4 Å². The number of ether oxygens (including phenoxy) is 1. The number of nitriles is 1. The van der Waals surface area contributed by atoms with Crippen molar-refractivity contribution in [2.24, 2.45) is 5.92 Å². The highest BCUT2D eigenvalue weighted by molar-refractivity contribution is 8.00. The van der Waals surface area contributed by atoms with E-state index in [1.54, 1.807) is 42.7 Å². The molecule has 8 heteroatoms. The van der Waals surface area contributed by atoms with Crippen LogP contribution in [0.4, 0.5) is 10.7 Å². The summed E-state index contributed by atoms with van der Waals surface area (Å²) in [6, 6.07) is 16.7. The molecule has 2 N–H and O–H groups in total. The number of rotatable bonds is 8. The first-order valence-corrected chi connectivity index (χ1v) is 13.7. The van der Waals surface area contributed by atoms with E-state index >= 15 is 0 Å². The number of nitrogens with zero attached hydrogens (tertiary/aromatic N) is 1. The monoisotopic (exact) mass is 519 g/mol. The summed E-state index contributed by atoms with van der Waals surface area (Å²) in [5.41, 5.74) is 2.92. The number of thioether (sulfide) groups is 1. The maximum atomic E-state index is 13.2. The van der Waals surface area contributed by atoms with Crippen molar-refractivity contribution in [3.05, 3.63) is 70.1 Å². The SMILES string of the molecule is CCC(Sc1cccc(NC(=O)c2ccc(OC)cc2)c1)C(=O)Nc1sc2c(c1C#N)CCC(C)C2. The Balaban J connectivity index is 1.43. The van der Waals surface area contributed by atoms with Gasteiger partial charge in [0.2, 0.25) is 5.91 Å². The van der Waals surface area contributed by atoms with E-state index in [0.717, 1.165) is 29.7 Å². The fourth-order valence-corrected chi connectivity index (χ4v) is 6.61. The Kier molecular flexibility index (Phi) is 8.34. The number of carbonyl (C=O) groups excluding carboxylic acids is 2. The number of fused-ring (bicyclic) bond motifs is 1. The molecule has 2 amide bonds. The van der Waals surface area contributed by atoms with Crippen LogP contribution in [0, 0.1) is 17.2 Å². The molecule has 4 rings (SSSR count). The molecule has 2 unspecified atom stereocenters. The van der Waals surface area contributed by atoms with Crippen LogP contribution in [0.2, 0.25) is 0 Å². The molecule has 1 aliphatic rings. The quantitative estimate of drug-likeness (QED) is 0.331. The third-order valence-corrected chi connectivity index (χ3v) is 8.77. The second kappa shape index (κ2) is 11.6. The number of anilines is 2. The lowest BCUT2D eigenvalue weighted by Gasteiger charge is -2.17. The van der Waals surface area contributed by atoms with Crippen LogP contribution in [0.25, 0.3) is 0 Å². The molecular weight excluding hydrogens is 490 g/mol. The summed E-state index contributed by atoms with van der Waals surface area (Å²) in [5.74, 6) is 0.957. The lowest BCUT2D eigenvalue weighted by molar-refractivity contribution is -0.115. The number of amides is 2. The van der Waals surface area contributed by atoms with Gasteiger partial charge in [0.25, 0.3) is 5.91 Å². The van der Waals surface area contributed by atoms with E-state index in [2.05, 4.69) is 23.6 Å². The predicted octanol–water partition coefficient (Wildman–Crippen LogP) is 6.51. The Bertz CT molecular complexity index is 1290. The van der Waals surface area contributed by atoms with Gasteiger partial charge in [0.05, 0.1) is 17.9 Å². The molecule has 2 atom stereocenters. The highest BCUT2D eigenvalue weighted by atomic mass is 32.2. The summed E-state index contributed by atoms with van der Waals surface area (Å²) >= 11 is 2.99. The molecule has 0 bridgehead atoms. The molecule has 3 aromatic rings. The molecule has 0 fully saturated rings. The first-order valence-electron chi connectivity index (χ1n) is 12.0. The molecule has 186 valence electrons. The van der Waals surface area contributed by atoms with Crippen LogP contribution < -0.4 is 15.4 Å². The van der Waals surface area contributed by atoms with Gasteiger partial charge in [-0.2, -0.15) is 5.26 Å². The highest BCUT2D eigenvalue weighted by Crippen LogP contribution is 2.40. The van der Waals surface area contributed by atoms with E-state index in [1.807, 2.05) is 31.2 Å². The van der Waals surface area contributed by atoms with E-state index < -0.39 is 0 Å². The number of thiophene rings is 1. The molecule has 0 radical (unpaired) electrons. The lowest BCUT2D eigenvalue weighted by atomic mass is 9.88.